The quantitative estimate of drug-likeness (QED) is 0.762. The van der Waals surface area contributed by atoms with Gasteiger partial charge in [-0.2, -0.15) is 0 Å². The van der Waals surface area contributed by atoms with Gasteiger partial charge in [0.1, 0.15) is 5.75 Å². The molecule has 0 saturated carbocycles. The van der Waals surface area contributed by atoms with Gasteiger partial charge in [-0.05, 0) is 43.2 Å². The van der Waals surface area contributed by atoms with E-state index in [0.717, 1.165) is 11.1 Å². The molecule has 2 aromatic carbocycles. The molecule has 0 radical (unpaired) electrons. The van der Waals surface area contributed by atoms with Crippen LogP contribution >= 0.6 is 0 Å². The van der Waals surface area contributed by atoms with Crippen molar-refractivity contribution in [2.75, 3.05) is 26.5 Å². The molecule has 140 valence electrons. The fourth-order valence-corrected chi connectivity index (χ4v) is 3.60. The Bertz CT molecular complexity index is 860. The lowest BCUT2D eigenvalue weighted by Crippen LogP contribution is -2.31. The largest absolute Gasteiger partial charge is 0.493 e. The van der Waals surface area contributed by atoms with E-state index in [2.05, 4.69) is 5.32 Å². The smallest absolute Gasteiger partial charge is 0.235 e. The number of carbonyl (C=O) groups excluding carboxylic acids is 1. The number of sulfone groups is 1. The molecule has 0 aliphatic rings. The van der Waals surface area contributed by atoms with E-state index >= 15 is 0 Å². The number of hydrogen-bond donors (Lipinski definition) is 1. The number of hydrogen-bond acceptors (Lipinski definition) is 5. The van der Waals surface area contributed by atoms with Gasteiger partial charge < -0.3 is 14.8 Å². The molecule has 0 saturated heterocycles. The molecule has 0 heterocycles. The van der Waals surface area contributed by atoms with Crippen molar-refractivity contribution >= 4 is 15.7 Å². The lowest BCUT2D eigenvalue weighted by Gasteiger charge is -2.10. The summed E-state index contributed by atoms with van der Waals surface area (Å²) in [4.78, 5) is 12.1. The van der Waals surface area contributed by atoms with E-state index in [1.165, 1.54) is 12.1 Å². The average molecular weight is 377 g/mol. The standard InChI is InChI=1S/C19H23NO5S/c1-14-4-7-16(8-5-14)26(22,23)13-19(21)20-11-10-15-6-9-17(24-2)18(12-15)25-3/h4-9,12H,10-11,13H2,1-3H3,(H,20,21). The first-order chi connectivity index (χ1) is 12.4. The molecule has 7 heteroatoms. The molecule has 2 aromatic rings. The third-order valence-electron chi connectivity index (χ3n) is 3.89. The second-order valence-electron chi connectivity index (χ2n) is 5.86. The monoisotopic (exact) mass is 377 g/mol. The van der Waals surface area contributed by atoms with Gasteiger partial charge in [-0.25, -0.2) is 8.42 Å². The molecule has 26 heavy (non-hydrogen) atoms. The molecule has 0 bridgehead atoms. The first kappa shape index (κ1) is 19.8. The van der Waals surface area contributed by atoms with Crippen molar-refractivity contribution in [1.82, 2.24) is 5.32 Å². The topological polar surface area (TPSA) is 81.7 Å². The van der Waals surface area contributed by atoms with Crippen molar-refractivity contribution < 1.29 is 22.7 Å². The van der Waals surface area contributed by atoms with Crippen molar-refractivity contribution in [3.63, 3.8) is 0 Å². The molecule has 1 amide bonds. The lowest BCUT2D eigenvalue weighted by atomic mass is 10.1. The van der Waals surface area contributed by atoms with Gasteiger partial charge in [-0.1, -0.05) is 23.8 Å². The predicted octanol–water partition coefficient (Wildman–Crippen LogP) is 2.14. The molecular weight excluding hydrogens is 354 g/mol. The number of amides is 1. The van der Waals surface area contributed by atoms with Gasteiger partial charge in [0.2, 0.25) is 5.91 Å². The van der Waals surface area contributed by atoms with E-state index < -0.39 is 21.5 Å². The summed E-state index contributed by atoms with van der Waals surface area (Å²) in [5.41, 5.74) is 1.91. The Labute approximate surface area is 154 Å². The van der Waals surface area contributed by atoms with Crippen LogP contribution < -0.4 is 14.8 Å². The third-order valence-corrected chi connectivity index (χ3v) is 5.52. The zero-order valence-electron chi connectivity index (χ0n) is 15.1. The Balaban J connectivity index is 1.90. The number of methoxy groups -OCH3 is 2. The number of benzene rings is 2. The summed E-state index contributed by atoms with van der Waals surface area (Å²) in [5, 5.41) is 2.64. The highest BCUT2D eigenvalue weighted by atomic mass is 32.2. The summed E-state index contributed by atoms with van der Waals surface area (Å²) < 4.78 is 34.9. The fourth-order valence-electron chi connectivity index (χ4n) is 2.43. The number of nitrogens with one attached hydrogen (secondary N) is 1. The summed E-state index contributed by atoms with van der Waals surface area (Å²) in [7, 11) is -0.523. The zero-order valence-corrected chi connectivity index (χ0v) is 15.9. The normalized spacial score (nSPS) is 11.0. The highest BCUT2D eigenvalue weighted by molar-refractivity contribution is 7.92. The highest BCUT2D eigenvalue weighted by Gasteiger charge is 2.18. The average Bonchev–Trinajstić information content (AvgIpc) is 2.61. The number of aryl methyl sites for hydroxylation is 1. The van der Waals surface area contributed by atoms with Crippen LogP contribution in [-0.2, 0) is 21.1 Å². The second kappa shape index (κ2) is 8.71. The van der Waals surface area contributed by atoms with Crippen LogP contribution in [-0.4, -0.2) is 40.8 Å². The van der Waals surface area contributed by atoms with E-state index in [9.17, 15) is 13.2 Å². The third kappa shape index (κ3) is 5.23. The van der Waals surface area contributed by atoms with E-state index in [-0.39, 0.29) is 4.90 Å². The summed E-state index contributed by atoms with van der Waals surface area (Å²) in [6.07, 6.45) is 0.552. The Morgan fingerprint density at radius 2 is 1.65 bits per heavy atom. The highest BCUT2D eigenvalue weighted by Crippen LogP contribution is 2.27. The van der Waals surface area contributed by atoms with Crippen LogP contribution in [0.15, 0.2) is 47.4 Å². The van der Waals surface area contributed by atoms with Crippen LogP contribution in [0.1, 0.15) is 11.1 Å². The maximum Gasteiger partial charge on any atom is 0.235 e. The minimum absolute atomic E-state index is 0.151. The van der Waals surface area contributed by atoms with E-state index in [1.54, 1.807) is 32.4 Å². The van der Waals surface area contributed by atoms with Crippen molar-refractivity contribution in [2.24, 2.45) is 0 Å². The van der Waals surface area contributed by atoms with Crippen molar-refractivity contribution in [3.8, 4) is 11.5 Å². The number of ether oxygens (including phenoxy) is 2. The maximum absolute atomic E-state index is 12.2. The van der Waals surface area contributed by atoms with Gasteiger partial charge in [-0.15, -0.1) is 0 Å². The van der Waals surface area contributed by atoms with Gasteiger partial charge in [0.15, 0.2) is 21.3 Å². The summed E-state index contributed by atoms with van der Waals surface area (Å²) >= 11 is 0. The summed E-state index contributed by atoms with van der Waals surface area (Å²) in [6, 6.07) is 11.9. The molecule has 0 aromatic heterocycles. The molecule has 2 rings (SSSR count). The molecule has 0 atom stereocenters. The van der Waals surface area contributed by atoms with Crippen molar-refractivity contribution in [3.05, 3.63) is 53.6 Å². The SMILES string of the molecule is COc1ccc(CCNC(=O)CS(=O)(=O)c2ccc(C)cc2)cc1OC. The molecule has 0 aliphatic carbocycles. The molecule has 1 N–H and O–H groups in total. The summed E-state index contributed by atoms with van der Waals surface area (Å²) in [5.74, 6) is 0.149. The molecule has 0 aliphatic heterocycles. The van der Waals surface area contributed by atoms with E-state index in [1.807, 2.05) is 19.1 Å². The van der Waals surface area contributed by atoms with Crippen LogP contribution in [0.4, 0.5) is 0 Å². The van der Waals surface area contributed by atoms with Crippen molar-refractivity contribution in [2.45, 2.75) is 18.2 Å². The van der Waals surface area contributed by atoms with Crippen LogP contribution in [0, 0.1) is 6.92 Å². The Morgan fingerprint density at radius 1 is 1.00 bits per heavy atom. The molecule has 0 unspecified atom stereocenters. The van der Waals surface area contributed by atoms with Gasteiger partial charge >= 0.3 is 0 Å². The fraction of sp³-hybridized carbons (Fsp3) is 0.316. The zero-order chi connectivity index (χ0) is 19.2. The first-order valence-electron chi connectivity index (χ1n) is 8.13. The lowest BCUT2D eigenvalue weighted by molar-refractivity contribution is -0.118. The van der Waals surface area contributed by atoms with Gasteiger partial charge in [0, 0.05) is 6.54 Å². The second-order valence-corrected chi connectivity index (χ2v) is 7.85. The van der Waals surface area contributed by atoms with Crippen LogP contribution in [0.3, 0.4) is 0 Å². The molecule has 6 nitrogen and oxygen atoms in total. The predicted molar refractivity (Wildman–Crippen MR) is 99.5 cm³/mol. The minimum Gasteiger partial charge on any atom is -0.493 e. The number of rotatable bonds is 8. The van der Waals surface area contributed by atoms with Gasteiger partial charge in [0.25, 0.3) is 0 Å². The maximum atomic E-state index is 12.2. The van der Waals surface area contributed by atoms with E-state index in [0.29, 0.717) is 24.5 Å². The van der Waals surface area contributed by atoms with E-state index in [4.69, 9.17) is 9.47 Å². The minimum atomic E-state index is -3.64. The van der Waals surface area contributed by atoms with Crippen LogP contribution in [0.2, 0.25) is 0 Å². The molecule has 0 spiro atoms. The Hall–Kier alpha value is -2.54. The summed E-state index contributed by atoms with van der Waals surface area (Å²) in [6.45, 7) is 2.20. The van der Waals surface area contributed by atoms with Gasteiger partial charge in [-0.3, -0.25) is 4.79 Å². The van der Waals surface area contributed by atoms with Crippen molar-refractivity contribution in [1.29, 1.82) is 0 Å². The molecular formula is C19H23NO5S. The molecule has 0 fully saturated rings. The van der Waals surface area contributed by atoms with Crippen LogP contribution in [0.25, 0.3) is 0 Å². The Morgan fingerprint density at radius 3 is 2.27 bits per heavy atom. The Kier molecular flexibility index (Phi) is 6.63. The number of carbonyl (C=O) groups is 1. The first-order valence-corrected chi connectivity index (χ1v) is 9.78. The van der Waals surface area contributed by atoms with Gasteiger partial charge in [0.05, 0.1) is 19.1 Å². The van der Waals surface area contributed by atoms with Crippen LogP contribution in [0.5, 0.6) is 11.5 Å².